The first-order valence-corrected chi connectivity index (χ1v) is 11.3. The maximum atomic E-state index is 14.2. The highest BCUT2D eigenvalue weighted by atomic mass is 19.1. The van der Waals surface area contributed by atoms with Crippen molar-refractivity contribution in [2.45, 2.75) is 33.2 Å². The van der Waals surface area contributed by atoms with Gasteiger partial charge in [-0.3, -0.25) is 4.79 Å². The first-order valence-electron chi connectivity index (χ1n) is 11.3. The second kappa shape index (κ2) is 14.0. The van der Waals surface area contributed by atoms with E-state index in [0.29, 0.717) is 11.3 Å². The van der Waals surface area contributed by atoms with Crippen LogP contribution in [0, 0.1) is 33.8 Å². The van der Waals surface area contributed by atoms with Gasteiger partial charge >= 0.3 is 6.03 Å². The summed E-state index contributed by atoms with van der Waals surface area (Å²) in [6, 6.07) is 4.24. The Hall–Kier alpha value is -4.93. The van der Waals surface area contributed by atoms with Gasteiger partial charge in [0, 0.05) is 32.1 Å². The zero-order valence-corrected chi connectivity index (χ0v) is 21.0. The number of carbonyl (C=O) groups is 2. The third kappa shape index (κ3) is 8.94. The Morgan fingerprint density at radius 3 is 2.55 bits per heavy atom. The number of halogens is 2. The zero-order valence-electron chi connectivity index (χ0n) is 21.0. The van der Waals surface area contributed by atoms with Crippen LogP contribution in [0.2, 0.25) is 0 Å². The number of nitrogens with zero attached hydrogens (tertiary/aromatic N) is 3. The largest absolute Gasteiger partial charge is 0.352 e. The summed E-state index contributed by atoms with van der Waals surface area (Å²) in [5.74, 6) is -1.90. The van der Waals surface area contributed by atoms with Gasteiger partial charge in [0.2, 0.25) is 11.9 Å². The predicted octanol–water partition coefficient (Wildman–Crippen LogP) is 2.94. The van der Waals surface area contributed by atoms with Gasteiger partial charge in [-0.2, -0.15) is 10.2 Å². The van der Waals surface area contributed by atoms with Gasteiger partial charge in [-0.1, -0.05) is 0 Å². The average Bonchev–Trinajstić information content (AvgIpc) is 2.86. The summed E-state index contributed by atoms with van der Waals surface area (Å²) in [5, 5.41) is 37.5. The molecule has 0 bridgehead atoms. The monoisotopic (exact) mass is 526 g/mol. The van der Waals surface area contributed by atoms with Gasteiger partial charge in [0.25, 0.3) is 0 Å². The first-order chi connectivity index (χ1) is 18.0. The maximum Gasteiger partial charge on any atom is 0.315 e. The van der Waals surface area contributed by atoms with Crippen molar-refractivity contribution in [2.75, 3.05) is 23.7 Å². The van der Waals surface area contributed by atoms with E-state index in [4.69, 9.17) is 16.1 Å². The highest BCUT2D eigenvalue weighted by molar-refractivity contribution is 5.99. The molecule has 0 aliphatic rings. The number of urea groups is 1. The summed E-state index contributed by atoms with van der Waals surface area (Å²) in [4.78, 5) is 31.6. The third-order valence-corrected chi connectivity index (χ3v) is 4.91. The minimum atomic E-state index is -0.758. The number of hydrogen-bond acceptors (Lipinski definition) is 9. The van der Waals surface area contributed by atoms with E-state index in [-0.39, 0.29) is 54.2 Å². The van der Waals surface area contributed by atoms with Gasteiger partial charge in [0.15, 0.2) is 11.6 Å². The molecule has 2 rings (SSSR count). The molecular weight excluding hydrogens is 498 g/mol. The van der Waals surface area contributed by atoms with Crippen LogP contribution in [-0.2, 0) is 4.79 Å². The minimum absolute atomic E-state index is 0.0574. The standard InChI is InChI=1S/C24H28F2N10O2/c1-13(29)21(34-15(3)37)14(2)33-22-19(26)12-32-23(36-22)30-6-7-31-24(38)35-20(4-5-27)17-8-16(11-28)9-18(25)10-17/h5,8-10,12,20,27,29H,4,6-7H2,1-3H3,(H,34,37)(H2,31,35,38)(H2,30,32,33,36)/b21-14+,27-5?,29-13?/t20-/m0/s1. The van der Waals surface area contributed by atoms with Crippen molar-refractivity contribution in [3.05, 3.63) is 58.6 Å². The molecule has 200 valence electrons. The molecule has 1 atom stereocenters. The molecule has 7 N–H and O–H groups in total. The first kappa shape index (κ1) is 29.3. The molecule has 1 aromatic heterocycles. The molecule has 0 aliphatic heterocycles. The fraction of sp³-hybridized carbons (Fsp3) is 0.292. The van der Waals surface area contributed by atoms with Crippen LogP contribution in [0.15, 0.2) is 35.8 Å². The molecule has 14 heteroatoms. The number of hydrogen-bond donors (Lipinski definition) is 7. The third-order valence-electron chi connectivity index (χ3n) is 4.91. The quantitative estimate of drug-likeness (QED) is 0.163. The summed E-state index contributed by atoms with van der Waals surface area (Å²) in [6.45, 7) is 4.59. The molecule has 12 nitrogen and oxygen atoms in total. The molecule has 1 heterocycles. The van der Waals surface area contributed by atoms with E-state index in [0.717, 1.165) is 18.5 Å². The van der Waals surface area contributed by atoms with Crippen molar-refractivity contribution < 1.29 is 18.4 Å². The zero-order chi connectivity index (χ0) is 28.2. The van der Waals surface area contributed by atoms with E-state index < -0.39 is 23.7 Å². The lowest BCUT2D eigenvalue weighted by Gasteiger charge is -2.18. The van der Waals surface area contributed by atoms with Gasteiger partial charge in [-0.05, 0) is 43.8 Å². The molecule has 0 saturated carbocycles. The van der Waals surface area contributed by atoms with Crippen molar-refractivity contribution in [2.24, 2.45) is 0 Å². The Kier molecular flexibility index (Phi) is 10.8. The molecule has 38 heavy (non-hydrogen) atoms. The number of rotatable bonds is 12. The number of amides is 3. The Morgan fingerprint density at radius 2 is 1.92 bits per heavy atom. The smallest absolute Gasteiger partial charge is 0.315 e. The van der Waals surface area contributed by atoms with Crippen molar-refractivity contribution in [3.8, 4) is 6.07 Å². The van der Waals surface area contributed by atoms with Gasteiger partial charge in [-0.25, -0.2) is 18.6 Å². The second-order valence-electron chi connectivity index (χ2n) is 8.03. The number of carbonyl (C=O) groups excluding carboxylic acids is 2. The minimum Gasteiger partial charge on any atom is -0.352 e. The van der Waals surface area contributed by atoms with Crippen LogP contribution in [0.1, 0.15) is 44.4 Å². The van der Waals surface area contributed by atoms with Crippen LogP contribution < -0.4 is 26.6 Å². The van der Waals surface area contributed by atoms with Crippen LogP contribution >= 0.6 is 0 Å². The summed E-state index contributed by atoms with van der Waals surface area (Å²) < 4.78 is 28.0. The van der Waals surface area contributed by atoms with Gasteiger partial charge in [0.1, 0.15) is 5.82 Å². The number of aromatic nitrogens is 2. The van der Waals surface area contributed by atoms with E-state index in [1.54, 1.807) is 6.92 Å². The Labute approximate surface area is 218 Å². The normalized spacial score (nSPS) is 11.8. The molecule has 0 fully saturated rings. The van der Waals surface area contributed by atoms with Gasteiger partial charge < -0.3 is 37.4 Å². The van der Waals surface area contributed by atoms with Crippen LogP contribution in [0.3, 0.4) is 0 Å². The molecule has 0 aliphatic carbocycles. The molecular formula is C24H28F2N10O2. The Bertz CT molecular complexity index is 1290. The number of nitrogens with one attached hydrogen (secondary N) is 7. The number of allylic oxidation sites excluding steroid dienone is 2. The lowest BCUT2D eigenvalue weighted by atomic mass is 10.0. The van der Waals surface area contributed by atoms with E-state index in [2.05, 4.69) is 36.6 Å². The van der Waals surface area contributed by atoms with Crippen LogP contribution in [-0.4, -0.2) is 46.9 Å². The summed E-state index contributed by atoms with van der Waals surface area (Å²) in [6.07, 6.45) is 2.10. The molecule has 0 unspecified atom stereocenters. The van der Waals surface area contributed by atoms with E-state index in [1.165, 1.54) is 26.0 Å². The highest BCUT2D eigenvalue weighted by Gasteiger charge is 2.16. The maximum absolute atomic E-state index is 14.2. The average molecular weight is 527 g/mol. The molecule has 0 saturated heterocycles. The second-order valence-corrected chi connectivity index (χ2v) is 8.03. The molecule has 1 aromatic carbocycles. The molecule has 3 amide bonds. The summed E-state index contributed by atoms with van der Waals surface area (Å²) in [5.41, 5.74) is 0.993. The van der Waals surface area contributed by atoms with Crippen LogP contribution in [0.5, 0.6) is 0 Å². The van der Waals surface area contributed by atoms with Gasteiger partial charge in [-0.15, -0.1) is 0 Å². The molecule has 0 radical (unpaired) electrons. The Morgan fingerprint density at radius 1 is 1.18 bits per heavy atom. The predicted molar refractivity (Wildman–Crippen MR) is 138 cm³/mol. The molecule has 2 aromatic rings. The highest BCUT2D eigenvalue weighted by Crippen LogP contribution is 2.19. The van der Waals surface area contributed by atoms with E-state index in [1.807, 2.05) is 6.07 Å². The fourth-order valence-corrected chi connectivity index (χ4v) is 3.26. The van der Waals surface area contributed by atoms with Crippen LogP contribution in [0.4, 0.5) is 25.3 Å². The summed E-state index contributed by atoms with van der Waals surface area (Å²) >= 11 is 0. The summed E-state index contributed by atoms with van der Waals surface area (Å²) in [7, 11) is 0. The van der Waals surface area contributed by atoms with E-state index in [9.17, 15) is 18.4 Å². The van der Waals surface area contributed by atoms with Crippen molar-refractivity contribution in [1.29, 1.82) is 16.1 Å². The molecule has 0 spiro atoms. The number of benzene rings is 1. The SMILES string of the molecule is CC(=N)/C(NC(C)=O)=C(/C)Nc1nc(NCCNC(=O)N[C@@H](CC=N)c2cc(F)cc(C#N)c2)ncc1F. The van der Waals surface area contributed by atoms with Crippen molar-refractivity contribution >= 4 is 35.6 Å². The van der Waals surface area contributed by atoms with E-state index >= 15 is 0 Å². The van der Waals surface area contributed by atoms with Crippen LogP contribution in [0.25, 0.3) is 0 Å². The fourth-order valence-electron chi connectivity index (χ4n) is 3.26. The topological polar surface area (TPSA) is 192 Å². The Balaban J connectivity index is 1.97. The van der Waals surface area contributed by atoms with Crippen molar-refractivity contribution in [3.63, 3.8) is 0 Å². The lowest BCUT2D eigenvalue weighted by molar-refractivity contribution is -0.118. The van der Waals surface area contributed by atoms with Gasteiger partial charge in [0.05, 0.1) is 35.3 Å². The number of nitriles is 1. The van der Waals surface area contributed by atoms with Crippen molar-refractivity contribution in [1.82, 2.24) is 25.9 Å². The lowest BCUT2D eigenvalue weighted by Crippen LogP contribution is -2.40. The number of anilines is 2.